The maximum atomic E-state index is 4.34. The number of hydrogen-bond acceptors (Lipinski definition) is 4. The number of hydrogen-bond donors (Lipinski definition) is 1. The van der Waals surface area contributed by atoms with Gasteiger partial charge in [0.15, 0.2) is 0 Å². The van der Waals surface area contributed by atoms with E-state index in [4.69, 9.17) is 0 Å². The molecule has 3 rings (SSSR count). The highest BCUT2D eigenvalue weighted by atomic mass is 15.2. The minimum absolute atomic E-state index is 0.684. The normalized spacial score (nSPS) is 10.4. The first-order valence-corrected chi connectivity index (χ1v) is 6.41. The third-order valence-electron chi connectivity index (χ3n) is 3.00. The first-order valence-electron chi connectivity index (χ1n) is 6.41. The predicted octanol–water partition coefficient (Wildman–Crippen LogP) is 2.50. The predicted molar refractivity (Wildman–Crippen MR) is 78.2 cm³/mol. The molecule has 20 heavy (non-hydrogen) atoms. The number of aromatic nitrogens is 4. The van der Waals surface area contributed by atoms with Crippen molar-refractivity contribution >= 4 is 5.95 Å². The van der Waals surface area contributed by atoms with E-state index in [1.165, 1.54) is 0 Å². The van der Waals surface area contributed by atoms with Gasteiger partial charge in [-0.15, -0.1) is 0 Å². The lowest BCUT2D eigenvalue weighted by Crippen LogP contribution is -2.18. The minimum Gasteiger partial charge on any atom is -0.338 e. The van der Waals surface area contributed by atoms with Gasteiger partial charge in [0.25, 0.3) is 0 Å². The Balaban J connectivity index is 1.75. The fourth-order valence-corrected chi connectivity index (χ4v) is 2.01. The molecule has 0 unspecified atom stereocenters. The molecule has 100 valence electrons. The number of anilines is 1. The molecule has 0 atom stereocenters. The molecule has 0 aliphatic rings. The van der Waals surface area contributed by atoms with Crippen LogP contribution in [-0.2, 0) is 6.54 Å². The summed E-state index contributed by atoms with van der Waals surface area (Å²) in [6, 6.07) is 14.0. The van der Waals surface area contributed by atoms with Gasteiger partial charge < -0.3 is 4.90 Å². The number of aromatic amines is 1. The number of rotatable bonds is 4. The Morgan fingerprint density at radius 3 is 2.55 bits per heavy atom. The van der Waals surface area contributed by atoms with Gasteiger partial charge in [0.1, 0.15) is 0 Å². The number of H-pyrrole nitrogens is 1. The second kappa shape index (κ2) is 5.52. The van der Waals surface area contributed by atoms with Gasteiger partial charge in [-0.25, -0.2) is 9.97 Å². The van der Waals surface area contributed by atoms with Crippen LogP contribution in [0.5, 0.6) is 0 Å². The Hall–Kier alpha value is -2.69. The van der Waals surface area contributed by atoms with Crippen LogP contribution >= 0.6 is 0 Å². The molecule has 0 fully saturated rings. The van der Waals surface area contributed by atoms with Crippen LogP contribution in [0.25, 0.3) is 11.3 Å². The molecular formula is C15H15N5. The van der Waals surface area contributed by atoms with Gasteiger partial charge in [-0.3, -0.25) is 5.10 Å². The van der Waals surface area contributed by atoms with Gasteiger partial charge in [0.05, 0.1) is 17.9 Å². The molecule has 1 N–H and O–H groups in total. The van der Waals surface area contributed by atoms with Crippen molar-refractivity contribution < 1.29 is 0 Å². The van der Waals surface area contributed by atoms with E-state index in [2.05, 4.69) is 26.2 Å². The summed E-state index contributed by atoms with van der Waals surface area (Å²) < 4.78 is 0. The van der Waals surface area contributed by atoms with Crippen LogP contribution in [-0.4, -0.2) is 27.2 Å². The number of benzene rings is 1. The molecule has 0 saturated carbocycles. The van der Waals surface area contributed by atoms with Crippen molar-refractivity contribution in [3.05, 3.63) is 60.6 Å². The summed E-state index contributed by atoms with van der Waals surface area (Å²) in [4.78, 5) is 10.4. The largest absolute Gasteiger partial charge is 0.338 e. The molecule has 0 saturated heterocycles. The van der Waals surface area contributed by atoms with Gasteiger partial charge in [-0.2, -0.15) is 5.10 Å². The third kappa shape index (κ3) is 2.66. The topological polar surface area (TPSA) is 57.7 Å². The number of nitrogens with one attached hydrogen (secondary N) is 1. The quantitative estimate of drug-likeness (QED) is 0.787. The molecule has 0 radical (unpaired) electrons. The zero-order valence-corrected chi connectivity index (χ0v) is 11.2. The van der Waals surface area contributed by atoms with Crippen molar-refractivity contribution in [2.24, 2.45) is 0 Å². The average molecular weight is 265 g/mol. The summed E-state index contributed by atoms with van der Waals surface area (Å²) in [6.07, 6.45) is 3.47. The summed E-state index contributed by atoms with van der Waals surface area (Å²) in [5, 5.41) is 7.40. The molecular weight excluding hydrogens is 250 g/mol. The van der Waals surface area contributed by atoms with Gasteiger partial charge in [-0.1, -0.05) is 30.3 Å². The third-order valence-corrected chi connectivity index (χ3v) is 3.00. The summed E-state index contributed by atoms with van der Waals surface area (Å²) in [5.74, 6) is 0.698. The molecule has 2 heterocycles. The zero-order chi connectivity index (χ0) is 13.8. The lowest BCUT2D eigenvalue weighted by atomic mass is 10.1. The van der Waals surface area contributed by atoms with E-state index in [0.717, 1.165) is 17.0 Å². The highest BCUT2D eigenvalue weighted by Crippen LogP contribution is 2.18. The van der Waals surface area contributed by atoms with Gasteiger partial charge >= 0.3 is 0 Å². The Morgan fingerprint density at radius 2 is 1.80 bits per heavy atom. The monoisotopic (exact) mass is 265 g/mol. The summed E-state index contributed by atoms with van der Waals surface area (Å²) in [5.41, 5.74) is 3.08. The second-order valence-electron chi connectivity index (χ2n) is 4.55. The first-order chi connectivity index (χ1) is 9.83. The molecule has 5 nitrogen and oxygen atoms in total. The molecule has 0 amide bonds. The van der Waals surface area contributed by atoms with Crippen molar-refractivity contribution in [2.45, 2.75) is 6.54 Å². The molecule has 0 bridgehead atoms. The van der Waals surface area contributed by atoms with Crippen molar-refractivity contribution in [1.29, 1.82) is 0 Å². The van der Waals surface area contributed by atoms with E-state index in [0.29, 0.717) is 12.5 Å². The van der Waals surface area contributed by atoms with Crippen LogP contribution < -0.4 is 4.90 Å². The molecule has 0 aliphatic carbocycles. The standard InChI is InChI=1S/C15H15N5/c1-20(15-16-8-5-9-17-15)11-13-10-14(19-18-13)12-6-3-2-4-7-12/h2-10H,11H2,1H3,(H,18,19). The first kappa shape index (κ1) is 12.3. The van der Waals surface area contributed by atoms with E-state index in [1.54, 1.807) is 18.5 Å². The smallest absolute Gasteiger partial charge is 0.225 e. The van der Waals surface area contributed by atoms with Crippen LogP contribution in [0.3, 0.4) is 0 Å². The van der Waals surface area contributed by atoms with Crippen molar-refractivity contribution in [3.8, 4) is 11.3 Å². The zero-order valence-electron chi connectivity index (χ0n) is 11.2. The van der Waals surface area contributed by atoms with Gasteiger partial charge in [0.2, 0.25) is 5.95 Å². The lowest BCUT2D eigenvalue weighted by molar-refractivity contribution is 0.832. The summed E-state index contributed by atoms with van der Waals surface area (Å²) >= 11 is 0. The van der Waals surface area contributed by atoms with Crippen LogP contribution in [0, 0.1) is 0 Å². The fourth-order valence-electron chi connectivity index (χ4n) is 2.01. The van der Waals surface area contributed by atoms with E-state index >= 15 is 0 Å². The molecule has 5 heteroatoms. The maximum absolute atomic E-state index is 4.34. The minimum atomic E-state index is 0.684. The van der Waals surface area contributed by atoms with Crippen molar-refractivity contribution in [3.63, 3.8) is 0 Å². The SMILES string of the molecule is CN(Cc1cc(-c2ccccc2)n[nH]1)c1ncccn1. The summed E-state index contributed by atoms with van der Waals surface area (Å²) in [6.45, 7) is 0.684. The van der Waals surface area contributed by atoms with Crippen LogP contribution in [0.4, 0.5) is 5.95 Å². The highest BCUT2D eigenvalue weighted by Gasteiger charge is 2.08. The van der Waals surface area contributed by atoms with Crippen LogP contribution in [0.15, 0.2) is 54.9 Å². The fraction of sp³-hybridized carbons (Fsp3) is 0.133. The van der Waals surface area contributed by atoms with Crippen molar-refractivity contribution in [1.82, 2.24) is 20.2 Å². The molecule has 0 spiro atoms. The highest BCUT2D eigenvalue weighted by molar-refractivity contribution is 5.59. The summed E-state index contributed by atoms with van der Waals surface area (Å²) in [7, 11) is 1.96. The van der Waals surface area contributed by atoms with Crippen LogP contribution in [0.1, 0.15) is 5.69 Å². The molecule has 0 aliphatic heterocycles. The van der Waals surface area contributed by atoms with E-state index in [1.807, 2.05) is 42.3 Å². The van der Waals surface area contributed by atoms with Crippen molar-refractivity contribution in [2.75, 3.05) is 11.9 Å². The van der Waals surface area contributed by atoms with Gasteiger partial charge in [-0.05, 0) is 12.1 Å². The molecule has 1 aromatic carbocycles. The van der Waals surface area contributed by atoms with Crippen LogP contribution in [0.2, 0.25) is 0 Å². The molecule has 2 aromatic heterocycles. The Kier molecular flexibility index (Phi) is 3.41. The van der Waals surface area contributed by atoms with Gasteiger partial charge in [0, 0.05) is 25.0 Å². The number of nitrogens with zero attached hydrogens (tertiary/aromatic N) is 4. The van der Waals surface area contributed by atoms with E-state index in [9.17, 15) is 0 Å². The van der Waals surface area contributed by atoms with E-state index in [-0.39, 0.29) is 0 Å². The maximum Gasteiger partial charge on any atom is 0.225 e. The van der Waals surface area contributed by atoms with E-state index < -0.39 is 0 Å². The Bertz CT molecular complexity index is 663. The molecule has 3 aromatic rings. The second-order valence-corrected chi connectivity index (χ2v) is 4.55. The average Bonchev–Trinajstić information content (AvgIpc) is 2.97. The Labute approximate surface area is 117 Å². The lowest BCUT2D eigenvalue weighted by Gasteiger charge is -2.14. The Morgan fingerprint density at radius 1 is 1.05 bits per heavy atom.